The number of nitrogens with one attached hydrogen (secondary N) is 2. The Bertz CT molecular complexity index is 898. The number of benzene rings is 2. The van der Waals surface area contributed by atoms with Crippen LogP contribution in [0.5, 0.6) is 11.5 Å². The summed E-state index contributed by atoms with van der Waals surface area (Å²) in [4.78, 5) is 26.6. The van der Waals surface area contributed by atoms with Crippen molar-refractivity contribution < 1.29 is 19.1 Å². The van der Waals surface area contributed by atoms with Crippen LogP contribution in [-0.4, -0.2) is 49.6 Å². The lowest BCUT2D eigenvalue weighted by Crippen LogP contribution is -2.38. The SMILES string of the molecule is CCN(CC(=O)Nc1ccc2c(c1)OCCO2)CC(=O)Nc1ccc(C)cc1C. The largest absolute Gasteiger partial charge is 0.486 e. The van der Waals surface area contributed by atoms with Crippen LogP contribution in [0.25, 0.3) is 0 Å². The Kier molecular flexibility index (Phi) is 6.72. The number of rotatable bonds is 7. The van der Waals surface area contributed by atoms with E-state index in [1.54, 1.807) is 23.1 Å². The van der Waals surface area contributed by atoms with Gasteiger partial charge in [0, 0.05) is 17.4 Å². The third-order valence-corrected chi connectivity index (χ3v) is 4.66. The van der Waals surface area contributed by atoms with Crippen molar-refractivity contribution in [2.45, 2.75) is 20.8 Å². The third kappa shape index (κ3) is 5.71. The van der Waals surface area contributed by atoms with Crippen molar-refractivity contribution in [3.05, 3.63) is 47.5 Å². The molecule has 1 aliphatic heterocycles. The molecule has 0 radical (unpaired) electrons. The molecule has 0 saturated heterocycles. The number of hydrogen-bond donors (Lipinski definition) is 2. The average Bonchev–Trinajstić information content (AvgIpc) is 2.69. The molecule has 0 aliphatic carbocycles. The Hall–Kier alpha value is -3.06. The molecule has 29 heavy (non-hydrogen) atoms. The first-order valence-corrected chi connectivity index (χ1v) is 9.73. The number of aryl methyl sites for hydroxylation is 2. The third-order valence-electron chi connectivity index (χ3n) is 4.66. The van der Waals surface area contributed by atoms with Crippen LogP contribution in [0.4, 0.5) is 11.4 Å². The molecule has 154 valence electrons. The smallest absolute Gasteiger partial charge is 0.238 e. The fourth-order valence-electron chi connectivity index (χ4n) is 3.15. The number of hydrogen-bond acceptors (Lipinski definition) is 5. The maximum atomic E-state index is 12.4. The van der Waals surface area contributed by atoms with E-state index < -0.39 is 0 Å². The Morgan fingerprint density at radius 2 is 1.62 bits per heavy atom. The van der Waals surface area contributed by atoms with Gasteiger partial charge in [0.05, 0.1) is 13.1 Å². The van der Waals surface area contributed by atoms with Gasteiger partial charge in [-0.3, -0.25) is 14.5 Å². The van der Waals surface area contributed by atoms with Crippen molar-refractivity contribution >= 4 is 23.2 Å². The summed E-state index contributed by atoms with van der Waals surface area (Å²) in [6, 6.07) is 11.2. The highest BCUT2D eigenvalue weighted by Crippen LogP contribution is 2.32. The van der Waals surface area contributed by atoms with Crippen molar-refractivity contribution in [2.24, 2.45) is 0 Å². The van der Waals surface area contributed by atoms with Gasteiger partial charge in [-0.05, 0) is 44.2 Å². The zero-order chi connectivity index (χ0) is 20.8. The second kappa shape index (κ2) is 9.43. The van der Waals surface area contributed by atoms with Gasteiger partial charge in [-0.15, -0.1) is 0 Å². The predicted molar refractivity (Wildman–Crippen MR) is 113 cm³/mol. The second-order valence-corrected chi connectivity index (χ2v) is 7.08. The summed E-state index contributed by atoms with van der Waals surface area (Å²) in [7, 11) is 0. The maximum absolute atomic E-state index is 12.4. The standard InChI is InChI=1S/C22H27N3O4/c1-4-25(14-22(27)24-18-7-5-15(2)11-16(18)3)13-21(26)23-17-6-8-19-20(12-17)29-10-9-28-19/h5-8,11-12H,4,9-10,13-14H2,1-3H3,(H,23,26)(H,24,27). The van der Waals surface area contributed by atoms with Crippen molar-refractivity contribution in [1.29, 1.82) is 0 Å². The van der Waals surface area contributed by atoms with Crippen LogP contribution in [0.3, 0.4) is 0 Å². The Labute approximate surface area is 171 Å². The molecule has 2 N–H and O–H groups in total. The first kappa shape index (κ1) is 20.7. The van der Waals surface area contributed by atoms with Crippen LogP contribution >= 0.6 is 0 Å². The van der Waals surface area contributed by atoms with E-state index in [4.69, 9.17) is 9.47 Å². The minimum atomic E-state index is -0.192. The highest BCUT2D eigenvalue weighted by Gasteiger charge is 2.16. The van der Waals surface area contributed by atoms with Crippen molar-refractivity contribution in [2.75, 3.05) is 43.5 Å². The maximum Gasteiger partial charge on any atom is 0.238 e. The fraction of sp³-hybridized carbons (Fsp3) is 0.364. The van der Waals surface area contributed by atoms with Gasteiger partial charge in [0.15, 0.2) is 11.5 Å². The van der Waals surface area contributed by atoms with Gasteiger partial charge >= 0.3 is 0 Å². The lowest BCUT2D eigenvalue weighted by molar-refractivity contribution is -0.119. The highest BCUT2D eigenvalue weighted by molar-refractivity contribution is 5.95. The summed E-state index contributed by atoms with van der Waals surface area (Å²) in [5, 5.41) is 5.76. The molecule has 2 aromatic rings. The Balaban J connectivity index is 1.53. The summed E-state index contributed by atoms with van der Waals surface area (Å²) < 4.78 is 11.0. The summed E-state index contributed by atoms with van der Waals surface area (Å²) in [5.74, 6) is 0.954. The van der Waals surface area contributed by atoms with Gasteiger partial charge in [0.2, 0.25) is 11.8 Å². The molecule has 0 fully saturated rings. The first-order chi connectivity index (χ1) is 13.9. The van der Waals surface area contributed by atoms with Crippen LogP contribution in [0, 0.1) is 13.8 Å². The monoisotopic (exact) mass is 397 g/mol. The van der Waals surface area contributed by atoms with E-state index in [2.05, 4.69) is 10.6 Å². The lowest BCUT2D eigenvalue weighted by atomic mass is 10.1. The number of nitrogens with zero attached hydrogens (tertiary/aromatic N) is 1. The molecule has 7 nitrogen and oxygen atoms in total. The summed E-state index contributed by atoms with van der Waals surface area (Å²) >= 11 is 0. The normalized spacial score (nSPS) is 12.6. The van der Waals surface area contributed by atoms with Crippen molar-refractivity contribution in [1.82, 2.24) is 4.90 Å². The molecule has 0 spiro atoms. The van der Waals surface area contributed by atoms with Crippen LogP contribution < -0.4 is 20.1 Å². The van der Waals surface area contributed by atoms with Crippen LogP contribution in [0.2, 0.25) is 0 Å². The minimum Gasteiger partial charge on any atom is -0.486 e. The van der Waals surface area contributed by atoms with E-state index in [9.17, 15) is 9.59 Å². The Morgan fingerprint density at radius 3 is 2.31 bits per heavy atom. The molecule has 0 atom stereocenters. The molecule has 2 aromatic carbocycles. The van der Waals surface area contributed by atoms with E-state index in [-0.39, 0.29) is 24.9 Å². The highest BCUT2D eigenvalue weighted by atomic mass is 16.6. The number of carbonyl (C=O) groups is 2. The van der Waals surface area contributed by atoms with Gasteiger partial charge in [-0.2, -0.15) is 0 Å². The first-order valence-electron chi connectivity index (χ1n) is 9.73. The molecule has 3 rings (SSSR count). The van der Waals surface area contributed by atoms with E-state index in [1.807, 2.05) is 39.0 Å². The van der Waals surface area contributed by atoms with E-state index in [1.165, 1.54) is 0 Å². The molecule has 0 unspecified atom stereocenters. The number of amides is 2. The number of carbonyl (C=O) groups excluding carboxylic acids is 2. The number of ether oxygens (including phenoxy) is 2. The summed E-state index contributed by atoms with van der Waals surface area (Å²) in [5.41, 5.74) is 3.58. The number of fused-ring (bicyclic) bond motifs is 1. The molecule has 0 aromatic heterocycles. The van der Waals surface area contributed by atoms with Gasteiger partial charge in [0.25, 0.3) is 0 Å². The quantitative estimate of drug-likeness (QED) is 0.751. The van der Waals surface area contributed by atoms with Crippen LogP contribution in [0.1, 0.15) is 18.1 Å². The van der Waals surface area contributed by atoms with Gasteiger partial charge in [-0.25, -0.2) is 0 Å². The predicted octanol–water partition coefficient (Wildman–Crippen LogP) is 2.97. The van der Waals surface area contributed by atoms with Crippen LogP contribution in [-0.2, 0) is 9.59 Å². The molecule has 0 bridgehead atoms. The zero-order valence-corrected chi connectivity index (χ0v) is 17.1. The molecular weight excluding hydrogens is 370 g/mol. The topological polar surface area (TPSA) is 79.9 Å². The van der Waals surface area contributed by atoms with Crippen molar-refractivity contribution in [3.63, 3.8) is 0 Å². The minimum absolute atomic E-state index is 0.116. The molecule has 1 heterocycles. The Morgan fingerprint density at radius 1 is 0.931 bits per heavy atom. The van der Waals surface area contributed by atoms with Gasteiger partial charge in [0.1, 0.15) is 13.2 Å². The van der Waals surface area contributed by atoms with E-state index in [0.717, 1.165) is 16.8 Å². The molecule has 1 aliphatic rings. The molecule has 7 heteroatoms. The fourth-order valence-corrected chi connectivity index (χ4v) is 3.15. The number of likely N-dealkylation sites (N-methyl/N-ethyl adjacent to an activating group) is 1. The lowest BCUT2D eigenvalue weighted by Gasteiger charge is -2.21. The van der Waals surface area contributed by atoms with Crippen LogP contribution in [0.15, 0.2) is 36.4 Å². The van der Waals surface area contributed by atoms with Gasteiger partial charge < -0.3 is 20.1 Å². The zero-order valence-electron chi connectivity index (χ0n) is 17.1. The van der Waals surface area contributed by atoms with Crippen molar-refractivity contribution in [3.8, 4) is 11.5 Å². The van der Waals surface area contributed by atoms with Gasteiger partial charge in [-0.1, -0.05) is 24.6 Å². The average molecular weight is 397 g/mol. The molecule has 2 amide bonds. The second-order valence-electron chi connectivity index (χ2n) is 7.08. The van der Waals surface area contributed by atoms with E-state index in [0.29, 0.717) is 36.9 Å². The molecule has 0 saturated carbocycles. The molecular formula is C22H27N3O4. The summed E-state index contributed by atoms with van der Waals surface area (Å²) in [6.07, 6.45) is 0. The summed E-state index contributed by atoms with van der Waals surface area (Å²) in [6.45, 7) is 7.73. The van der Waals surface area contributed by atoms with E-state index >= 15 is 0 Å². The number of anilines is 2.